The number of hydrogen-bond acceptors (Lipinski definition) is 4. The number of benzene rings is 6. The summed E-state index contributed by atoms with van der Waals surface area (Å²) in [5.41, 5.74) is 0. The van der Waals surface area contributed by atoms with Crippen molar-refractivity contribution in [1.29, 1.82) is 0 Å². The normalized spacial score (nSPS) is 11.3. The summed E-state index contributed by atoms with van der Waals surface area (Å²) in [4.78, 5) is 2.02. The van der Waals surface area contributed by atoms with Crippen molar-refractivity contribution in [2.24, 2.45) is 0 Å². The van der Waals surface area contributed by atoms with Gasteiger partial charge in [-0.15, -0.1) is 22.4 Å². The minimum absolute atomic E-state index is 0.453. The molecule has 0 atom stereocenters. The van der Waals surface area contributed by atoms with Crippen molar-refractivity contribution < 1.29 is 31.1 Å². The first-order valence-corrected chi connectivity index (χ1v) is 36.2. The summed E-state index contributed by atoms with van der Waals surface area (Å²) in [5, 5.41) is 29.2. The zero-order chi connectivity index (χ0) is 38.4. The van der Waals surface area contributed by atoms with Gasteiger partial charge < -0.3 is 10.2 Å². The van der Waals surface area contributed by atoms with E-state index in [1.807, 2.05) is 58.8 Å². The SMILES string of the molecule is C[Si](C)(C)Sc1cccc(P(c2ccccc2)c2ccccc2)c1O.C[Si](C)(C)Sc1cccc(P(c2ccccc2)c2ccccc2)c1O.[Cl][Zr][Cl]. The molecule has 11 heteroatoms. The van der Waals surface area contributed by atoms with Crippen LogP contribution in [0.5, 0.6) is 11.5 Å². The van der Waals surface area contributed by atoms with Crippen LogP contribution in [0.4, 0.5) is 0 Å². The molecule has 53 heavy (non-hydrogen) atoms. The van der Waals surface area contributed by atoms with Gasteiger partial charge in [0.2, 0.25) is 0 Å². The van der Waals surface area contributed by atoms with Gasteiger partial charge in [-0.3, -0.25) is 0 Å². The van der Waals surface area contributed by atoms with E-state index in [0.717, 1.165) is 20.4 Å². The van der Waals surface area contributed by atoms with Gasteiger partial charge in [-0.2, -0.15) is 0 Å². The first-order valence-electron chi connectivity index (χ1n) is 17.1. The second kappa shape index (κ2) is 21.6. The number of halogens is 2. The molecule has 0 unspecified atom stereocenters. The molecule has 0 saturated carbocycles. The zero-order valence-corrected chi connectivity index (χ0v) is 40.3. The van der Waals surface area contributed by atoms with Crippen molar-refractivity contribution in [3.63, 3.8) is 0 Å². The quantitative estimate of drug-likeness (QED) is 0.106. The van der Waals surface area contributed by atoms with Crippen LogP contribution in [-0.4, -0.2) is 24.7 Å². The van der Waals surface area contributed by atoms with Crippen molar-refractivity contribution in [3.8, 4) is 11.5 Å². The zero-order valence-electron chi connectivity index (χ0n) is 30.9. The predicted octanol–water partition coefficient (Wildman–Crippen LogP) is 11.5. The van der Waals surface area contributed by atoms with E-state index >= 15 is 0 Å². The summed E-state index contributed by atoms with van der Waals surface area (Å²) in [7, 11) is 5.56. The van der Waals surface area contributed by atoms with E-state index in [9.17, 15) is 10.2 Å². The van der Waals surface area contributed by atoms with Crippen LogP contribution in [0.2, 0.25) is 39.3 Å². The number of para-hydroxylation sites is 2. The van der Waals surface area contributed by atoms with Crippen molar-refractivity contribution in [2.45, 2.75) is 49.1 Å². The van der Waals surface area contributed by atoms with E-state index in [-0.39, 0.29) is 0 Å². The molecule has 0 aromatic heterocycles. The molecule has 0 amide bonds. The summed E-state index contributed by atoms with van der Waals surface area (Å²) in [6, 6.07) is 54.5. The standard InChI is InChI=1S/2C21H23OPSSi.2ClH.Zr/c2*1-25(2,3)24-20-16-10-15-19(21(20)22)23(17-11-6-4-7-12-17)18-13-8-5-9-14-18;;;/h2*4-16,22H,1-3H3;2*1H;/q;;;;+2/p-2. The molecule has 6 aromatic carbocycles. The van der Waals surface area contributed by atoms with E-state index in [4.69, 9.17) is 17.0 Å². The number of phenols is 2. The Morgan fingerprint density at radius 1 is 0.415 bits per heavy atom. The Kier molecular flexibility index (Phi) is 18.0. The second-order valence-corrected chi connectivity index (χ2v) is 40.2. The summed E-state index contributed by atoms with van der Waals surface area (Å²) >= 11 is 2.87. The van der Waals surface area contributed by atoms with Gasteiger partial charge in [0.05, 0.1) is 0 Å². The third-order valence-corrected chi connectivity index (χ3v) is 19.6. The topological polar surface area (TPSA) is 40.5 Å². The van der Waals surface area contributed by atoms with Crippen LogP contribution in [-0.2, 0) is 20.8 Å². The molecular formula is C42H46Cl2O2P2S2Si2Zr. The van der Waals surface area contributed by atoms with E-state index in [1.165, 1.54) is 21.2 Å². The maximum absolute atomic E-state index is 11.1. The molecule has 0 bridgehead atoms. The summed E-state index contributed by atoms with van der Waals surface area (Å²) in [5.74, 6) is 0.905. The number of rotatable bonds is 10. The van der Waals surface area contributed by atoms with Gasteiger partial charge in [0.1, 0.15) is 25.9 Å². The van der Waals surface area contributed by atoms with Gasteiger partial charge in [0.25, 0.3) is 0 Å². The Labute approximate surface area is 347 Å². The maximum atomic E-state index is 11.1. The number of hydrogen-bond donors (Lipinski definition) is 2. The fourth-order valence-electron chi connectivity index (χ4n) is 5.37. The van der Waals surface area contributed by atoms with Crippen LogP contribution in [0, 0.1) is 0 Å². The van der Waals surface area contributed by atoms with Crippen LogP contribution in [0.25, 0.3) is 0 Å². The van der Waals surface area contributed by atoms with E-state index in [1.54, 1.807) is 0 Å². The first-order chi connectivity index (χ1) is 25.3. The average Bonchev–Trinajstić information content (AvgIpc) is 3.13. The Bertz CT molecular complexity index is 1770. The predicted molar refractivity (Wildman–Crippen MR) is 244 cm³/mol. The Morgan fingerprint density at radius 2 is 0.660 bits per heavy atom. The number of aromatic hydroxyl groups is 2. The molecule has 0 radical (unpaired) electrons. The summed E-state index contributed by atoms with van der Waals surface area (Å²) in [6.07, 6.45) is 0. The molecule has 274 valence electrons. The summed E-state index contributed by atoms with van der Waals surface area (Å²) < 4.78 is 0. The molecule has 0 heterocycles. The van der Waals surface area contributed by atoms with Gasteiger partial charge in [-0.05, 0) is 49.2 Å². The third kappa shape index (κ3) is 13.8. The average molecular weight is 927 g/mol. The Hall–Kier alpha value is -1.62. The molecule has 0 spiro atoms. The molecule has 2 nitrogen and oxygen atoms in total. The molecule has 6 aromatic rings. The first kappa shape index (κ1) is 44.1. The van der Waals surface area contributed by atoms with Gasteiger partial charge in [0, 0.05) is 20.4 Å². The third-order valence-electron chi connectivity index (χ3n) is 7.33. The molecule has 0 aliphatic rings. The van der Waals surface area contributed by atoms with Crippen molar-refractivity contribution >= 4 is 102 Å². The molecule has 0 saturated heterocycles. The fraction of sp³-hybridized carbons (Fsp3) is 0.143. The van der Waals surface area contributed by atoms with Crippen molar-refractivity contribution in [3.05, 3.63) is 158 Å². The Balaban J connectivity index is 0.000000220. The molecule has 0 fully saturated rings. The molecule has 6 rings (SSSR count). The van der Waals surface area contributed by atoms with Crippen LogP contribution >= 0.6 is 55.3 Å². The fourth-order valence-corrected chi connectivity index (χ4v) is 17.2. The van der Waals surface area contributed by atoms with Crippen LogP contribution in [0.1, 0.15) is 0 Å². The second-order valence-electron chi connectivity index (χ2n) is 13.8. The minimum atomic E-state index is -1.38. The molecular weight excluding hydrogens is 881 g/mol. The van der Waals surface area contributed by atoms with Gasteiger partial charge in [0.15, 0.2) is 0 Å². The van der Waals surface area contributed by atoms with Gasteiger partial charge in [-0.25, -0.2) is 0 Å². The van der Waals surface area contributed by atoms with Gasteiger partial charge in [-0.1, -0.05) is 185 Å². The summed E-state index contributed by atoms with van der Waals surface area (Å²) in [6.45, 7) is 13.8. The van der Waals surface area contributed by atoms with Gasteiger partial charge >= 0.3 is 37.9 Å². The van der Waals surface area contributed by atoms with Crippen LogP contribution in [0.3, 0.4) is 0 Å². The number of phenolic OH excluding ortho intramolecular Hbond substituents is 2. The molecule has 2 N–H and O–H groups in total. The Morgan fingerprint density at radius 3 is 0.887 bits per heavy atom. The van der Waals surface area contributed by atoms with Crippen molar-refractivity contribution in [2.75, 3.05) is 0 Å². The molecule has 0 aliphatic heterocycles. The van der Waals surface area contributed by atoms with E-state index in [2.05, 4.69) is 161 Å². The molecule has 0 aliphatic carbocycles. The van der Waals surface area contributed by atoms with E-state index < -0.39 is 51.1 Å². The van der Waals surface area contributed by atoms with Crippen molar-refractivity contribution in [1.82, 2.24) is 0 Å². The van der Waals surface area contributed by atoms with Crippen LogP contribution < -0.4 is 31.8 Å². The van der Waals surface area contributed by atoms with E-state index in [0.29, 0.717) is 11.5 Å². The monoisotopic (exact) mass is 924 g/mol. The van der Waals surface area contributed by atoms with Crippen LogP contribution in [0.15, 0.2) is 168 Å².